The maximum Gasteiger partial charge on any atom is 0.0634 e. The van der Waals surface area contributed by atoms with Crippen LogP contribution in [0.5, 0.6) is 0 Å². The number of para-hydroxylation sites is 2. The molecule has 2 nitrogen and oxygen atoms in total. The Bertz CT molecular complexity index is 3070. The first-order valence-corrected chi connectivity index (χ1v) is 16.9. The van der Waals surface area contributed by atoms with Gasteiger partial charge in [-0.15, -0.1) is 11.3 Å². The molecule has 3 heterocycles. The van der Waals surface area contributed by atoms with Crippen molar-refractivity contribution >= 4 is 96.7 Å². The summed E-state index contributed by atoms with van der Waals surface area (Å²) in [5, 5.41) is 12.9. The Hall–Kier alpha value is -5.90. The van der Waals surface area contributed by atoms with Gasteiger partial charge in [-0.1, -0.05) is 109 Å². The Morgan fingerprint density at radius 1 is 0.362 bits per heavy atom. The molecule has 0 radical (unpaired) electrons. The number of aromatic nitrogens is 2. The van der Waals surface area contributed by atoms with Gasteiger partial charge in [0.25, 0.3) is 0 Å². The first-order chi connectivity index (χ1) is 23.3. The number of thiophene rings is 1. The number of hydrogen-bond donors (Lipinski definition) is 0. The summed E-state index contributed by atoms with van der Waals surface area (Å²) in [6.45, 7) is 0. The third-order valence-corrected chi connectivity index (χ3v) is 11.2. The standard InChI is InChI=1S/C44H26N2S/c1-2-13-28(14-3-1)45-36-23-24-37-41(42(36)34-22-25-40-43(44(34)45)33-19-9-11-21-39(33)47-40)32-18-8-10-20-35(32)46(37)38-26-27-12-4-5-15-29(27)30-16-6-7-17-31(30)38/h1-26H. The van der Waals surface area contributed by atoms with Crippen molar-refractivity contribution < 1.29 is 0 Å². The molecule has 8 aromatic carbocycles. The molecule has 0 atom stereocenters. The van der Waals surface area contributed by atoms with Gasteiger partial charge in [-0.05, 0) is 64.7 Å². The highest BCUT2D eigenvalue weighted by atomic mass is 32.1. The maximum absolute atomic E-state index is 2.50. The quantitative estimate of drug-likeness (QED) is 0.171. The molecule has 0 unspecified atom stereocenters. The third kappa shape index (κ3) is 3.34. The molecular formula is C44H26N2S. The van der Waals surface area contributed by atoms with Crippen molar-refractivity contribution in [1.29, 1.82) is 0 Å². The fourth-order valence-electron chi connectivity index (χ4n) is 8.19. The molecule has 0 bridgehead atoms. The molecule has 218 valence electrons. The number of nitrogens with zero attached hydrogens (tertiary/aromatic N) is 2. The summed E-state index contributed by atoms with van der Waals surface area (Å²) in [6.07, 6.45) is 0. The van der Waals surface area contributed by atoms with Crippen LogP contribution in [-0.2, 0) is 0 Å². The highest BCUT2D eigenvalue weighted by Gasteiger charge is 2.23. The minimum atomic E-state index is 1.18. The predicted octanol–water partition coefficient (Wildman–Crippen LogP) is 12.6. The lowest BCUT2D eigenvalue weighted by molar-refractivity contribution is 1.18. The van der Waals surface area contributed by atoms with Gasteiger partial charge in [0.2, 0.25) is 0 Å². The van der Waals surface area contributed by atoms with Gasteiger partial charge < -0.3 is 9.13 Å². The minimum absolute atomic E-state index is 1.18. The van der Waals surface area contributed by atoms with Crippen LogP contribution < -0.4 is 0 Å². The molecule has 47 heavy (non-hydrogen) atoms. The fourth-order valence-corrected chi connectivity index (χ4v) is 9.29. The van der Waals surface area contributed by atoms with Gasteiger partial charge in [-0.2, -0.15) is 0 Å². The van der Waals surface area contributed by atoms with E-state index in [4.69, 9.17) is 0 Å². The summed E-state index contributed by atoms with van der Waals surface area (Å²) in [5.41, 5.74) is 7.34. The molecule has 11 aromatic rings. The second-order valence-corrected chi connectivity index (χ2v) is 13.6. The van der Waals surface area contributed by atoms with Crippen LogP contribution in [0.25, 0.3) is 96.7 Å². The summed E-state index contributed by atoms with van der Waals surface area (Å²) in [4.78, 5) is 0. The molecule has 11 rings (SSSR count). The van der Waals surface area contributed by atoms with Crippen molar-refractivity contribution in [1.82, 2.24) is 9.13 Å². The smallest absolute Gasteiger partial charge is 0.0634 e. The molecule has 0 spiro atoms. The molecule has 0 aliphatic rings. The van der Waals surface area contributed by atoms with Crippen LogP contribution in [0.2, 0.25) is 0 Å². The first kappa shape index (κ1) is 25.3. The Labute approximate surface area is 273 Å². The van der Waals surface area contributed by atoms with Crippen LogP contribution >= 0.6 is 11.3 Å². The van der Waals surface area contributed by atoms with Crippen LogP contribution in [0.4, 0.5) is 0 Å². The SMILES string of the molecule is c1ccc(-n2c3ccc4c(c5ccccc5n4-c4cc5ccccc5c5ccccc45)c3c3ccc4sc5ccccc5c4c32)cc1. The van der Waals surface area contributed by atoms with Gasteiger partial charge in [0.1, 0.15) is 0 Å². The number of fused-ring (bicyclic) bond motifs is 14. The molecule has 0 saturated heterocycles. The second kappa shape index (κ2) is 9.32. The van der Waals surface area contributed by atoms with Crippen LogP contribution in [0, 0.1) is 0 Å². The summed E-state index contributed by atoms with van der Waals surface area (Å²) >= 11 is 1.88. The third-order valence-electron chi connectivity index (χ3n) is 10.1. The van der Waals surface area contributed by atoms with E-state index in [1.807, 2.05) is 11.3 Å². The molecule has 3 aromatic heterocycles. The van der Waals surface area contributed by atoms with E-state index in [0.717, 1.165) is 0 Å². The normalized spacial score (nSPS) is 12.3. The minimum Gasteiger partial charge on any atom is -0.309 e. The Morgan fingerprint density at radius 2 is 1.00 bits per heavy atom. The lowest BCUT2D eigenvalue weighted by Gasteiger charge is -2.14. The van der Waals surface area contributed by atoms with Gasteiger partial charge in [0.15, 0.2) is 0 Å². The highest BCUT2D eigenvalue weighted by Crippen LogP contribution is 2.47. The van der Waals surface area contributed by atoms with E-state index in [-0.39, 0.29) is 0 Å². The Morgan fingerprint density at radius 3 is 1.85 bits per heavy atom. The van der Waals surface area contributed by atoms with Crippen molar-refractivity contribution in [2.24, 2.45) is 0 Å². The average Bonchev–Trinajstić information content (AvgIpc) is 3.79. The van der Waals surface area contributed by atoms with E-state index in [9.17, 15) is 0 Å². The molecule has 0 aliphatic heterocycles. The van der Waals surface area contributed by atoms with Crippen molar-refractivity contribution in [3.8, 4) is 11.4 Å². The average molecular weight is 615 g/mol. The Balaban J connectivity index is 1.38. The van der Waals surface area contributed by atoms with E-state index in [0.29, 0.717) is 0 Å². The lowest BCUT2D eigenvalue weighted by Crippen LogP contribution is -1.96. The number of rotatable bonds is 2. The van der Waals surface area contributed by atoms with Crippen molar-refractivity contribution in [3.05, 3.63) is 158 Å². The second-order valence-electron chi connectivity index (χ2n) is 12.5. The molecule has 0 fully saturated rings. The number of hydrogen-bond acceptors (Lipinski definition) is 1. The zero-order valence-electron chi connectivity index (χ0n) is 25.3. The van der Waals surface area contributed by atoms with Gasteiger partial charge in [0, 0.05) is 52.8 Å². The summed E-state index contributed by atoms with van der Waals surface area (Å²) in [7, 11) is 0. The van der Waals surface area contributed by atoms with E-state index in [1.54, 1.807) is 0 Å². The van der Waals surface area contributed by atoms with E-state index in [1.165, 1.54) is 96.7 Å². The predicted molar refractivity (Wildman–Crippen MR) is 203 cm³/mol. The zero-order valence-corrected chi connectivity index (χ0v) is 26.1. The van der Waals surface area contributed by atoms with Crippen LogP contribution in [0.3, 0.4) is 0 Å². The van der Waals surface area contributed by atoms with E-state index >= 15 is 0 Å². The Kier molecular flexibility index (Phi) is 5.02. The zero-order chi connectivity index (χ0) is 30.6. The lowest BCUT2D eigenvalue weighted by atomic mass is 10.00. The van der Waals surface area contributed by atoms with Gasteiger partial charge in [-0.3, -0.25) is 0 Å². The van der Waals surface area contributed by atoms with Gasteiger partial charge in [-0.25, -0.2) is 0 Å². The monoisotopic (exact) mass is 614 g/mol. The van der Waals surface area contributed by atoms with Gasteiger partial charge >= 0.3 is 0 Å². The topological polar surface area (TPSA) is 9.86 Å². The first-order valence-electron chi connectivity index (χ1n) is 16.1. The van der Waals surface area contributed by atoms with Crippen molar-refractivity contribution in [2.45, 2.75) is 0 Å². The summed E-state index contributed by atoms with van der Waals surface area (Å²) in [6, 6.07) is 58.1. The molecule has 0 saturated carbocycles. The summed E-state index contributed by atoms with van der Waals surface area (Å²) in [5.74, 6) is 0. The van der Waals surface area contributed by atoms with Crippen LogP contribution in [0.15, 0.2) is 158 Å². The van der Waals surface area contributed by atoms with Crippen LogP contribution in [-0.4, -0.2) is 9.13 Å². The van der Waals surface area contributed by atoms with E-state index in [2.05, 4.69) is 167 Å². The number of benzene rings is 8. The van der Waals surface area contributed by atoms with E-state index < -0.39 is 0 Å². The molecule has 3 heteroatoms. The molecular weight excluding hydrogens is 589 g/mol. The molecule has 0 aliphatic carbocycles. The fraction of sp³-hybridized carbons (Fsp3) is 0. The molecule has 0 amide bonds. The van der Waals surface area contributed by atoms with Crippen molar-refractivity contribution in [2.75, 3.05) is 0 Å². The van der Waals surface area contributed by atoms with Crippen LogP contribution in [0.1, 0.15) is 0 Å². The maximum atomic E-state index is 2.50. The summed E-state index contributed by atoms with van der Waals surface area (Å²) < 4.78 is 7.65. The molecule has 0 N–H and O–H groups in total. The van der Waals surface area contributed by atoms with Crippen molar-refractivity contribution in [3.63, 3.8) is 0 Å². The van der Waals surface area contributed by atoms with Gasteiger partial charge in [0.05, 0.1) is 27.8 Å². The highest BCUT2D eigenvalue weighted by molar-refractivity contribution is 7.26. The largest absolute Gasteiger partial charge is 0.309 e.